The second-order valence-electron chi connectivity index (χ2n) is 30.3. The normalized spacial score (nSPS) is 13.4. The van der Waals surface area contributed by atoms with Crippen molar-refractivity contribution in [1.82, 2.24) is 18.7 Å². The molecule has 448 valence electrons. The zero-order valence-electron chi connectivity index (χ0n) is 54.9. The molecule has 0 unspecified atom stereocenters. The van der Waals surface area contributed by atoms with Crippen LogP contribution in [0.1, 0.15) is 131 Å². The van der Waals surface area contributed by atoms with Crippen LogP contribution in [-0.4, -0.2) is 25.4 Å². The Bertz CT molecular complexity index is 5190. The molecule has 7 heteroatoms. The Morgan fingerprint density at radius 1 is 0.341 bits per heavy atom. The molecular formula is C84H77BN4O2. The van der Waals surface area contributed by atoms with Crippen LogP contribution in [0.2, 0.25) is 0 Å². The summed E-state index contributed by atoms with van der Waals surface area (Å²) in [6.07, 6.45) is 0. The van der Waals surface area contributed by atoms with Gasteiger partial charge in [0.15, 0.2) is 0 Å². The van der Waals surface area contributed by atoms with Crippen LogP contribution in [0.5, 0.6) is 23.0 Å². The monoisotopic (exact) mass is 1180 g/mol. The van der Waals surface area contributed by atoms with E-state index in [9.17, 15) is 0 Å². The van der Waals surface area contributed by atoms with Gasteiger partial charge in [0.1, 0.15) is 28.8 Å². The highest BCUT2D eigenvalue weighted by atomic mass is 16.5. The molecule has 91 heavy (non-hydrogen) atoms. The zero-order valence-corrected chi connectivity index (χ0v) is 54.9. The highest BCUT2D eigenvalue weighted by molar-refractivity contribution is 6.98. The molecule has 2 aliphatic rings. The van der Waals surface area contributed by atoms with Crippen molar-refractivity contribution in [3.63, 3.8) is 0 Å². The molecule has 6 nitrogen and oxygen atoms in total. The lowest BCUT2D eigenvalue weighted by atomic mass is 9.34. The van der Waals surface area contributed by atoms with Crippen molar-refractivity contribution in [2.24, 2.45) is 0 Å². The van der Waals surface area contributed by atoms with Gasteiger partial charge in [-0.25, -0.2) is 4.98 Å². The Morgan fingerprint density at radius 3 is 1.42 bits per heavy atom. The summed E-state index contributed by atoms with van der Waals surface area (Å²) in [5.74, 6) is 4.41. The first-order valence-corrected chi connectivity index (χ1v) is 32.5. The van der Waals surface area contributed by atoms with Gasteiger partial charge >= 0.3 is 0 Å². The first-order chi connectivity index (χ1) is 43.4. The Morgan fingerprint density at radius 2 is 0.846 bits per heavy atom. The van der Waals surface area contributed by atoms with Crippen molar-refractivity contribution in [2.75, 3.05) is 0 Å². The van der Waals surface area contributed by atoms with Gasteiger partial charge in [-0.15, -0.1) is 0 Å². The molecule has 0 N–H and O–H groups in total. The van der Waals surface area contributed by atoms with Crippen LogP contribution in [0, 0.1) is 0 Å². The number of nitrogens with zero attached hydrogens (tertiary/aromatic N) is 4. The first-order valence-electron chi connectivity index (χ1n) is 32.5. The number of aromatic nitrogens is 4. The van der Waals surface area contributed by atoms with Crippen LogP contribution in [0.4, 0.5) is 0 Å². The molecule has 2 aliphatic heterocycles. The van der Waals surface area contributed by atoms with E-state index in [2.05, 4.69) is 317 Å². The molecule has 0 saturated heterocycles. The van der Waals surface area contributed by atoms with Crippen molar-refractivity contribution in [2.45, 2.75) is 125 Å². The van der Waals surface area contributed by atoms with Gasteiger partial charge in [-0.2, -0.15) is 0 Å². The Labute approximate surface area is 534 Å². The van der Waals surface area contributed by atoms with Crippen LogP contribution in [-0.2, 0) is 21.7 Å². The molecule has 0 aliphatic carbocycles. The summed E-state index contributed by atoms with van der Waals surface area (Å²) < 4.78 is 22.1. The average Bonchev–Trinajstić information content (AvgIpc) is 1.56. The predicted molar refractivity (Wildman–Crippen MR) is 385 cm³/mol. The number of pyridine rings is 1. The van der Waals surface area contributed by atoms with Gasteiger partial charge < -0.3 is 18.6 Å². The third-order valence-electron chi connectivity index (χ3n) is 19.8. The van der Waals surface area contributed by atoms with E-state index in [1.807, 2.05) is 0 Å². The average molecular weight is 1190 g/mol. The molecule has 6 heterocycles. The van der Waals surface area contributed by atoms with Crippen LogP contribution >= 0.6 is 0 Å². The van der Waals surface area contributed by atoms with Gasteiger partial charge in [0.2, 0.25) is 0 Å². The minimum Gasteiger partial charge on any atom is -0.458 e. The third-order valence-corrected chi connectivity index (χ3v) is 19.8. The van der Waals surface area contributed by atoms with Crippen molar-refractivity contribution < 1.29 is 9.47 Å². The number of ether oxygens (including phenoxy) is 2. The largest absolute Gasteiger partial charge is 0.458 e. The molecule has 0 fully saturated rings. The Balaban J connectivity index is 0.928. The number of hydrogen-bond acceptors (Lipinski definition) is 3. The van der Waals surface area contributed by atoms with E-state index in [0.717, 1.165) is 112 Å². The zero-order chi connectivity index (χ0) is 62.9. The van der Waals surface area contributed by atoms with Crippen LogP contribution in [0.15, 0.2) is 206 Å². The van der Waals surface area contributed by atoms with Gasteiger partial charge in [0, 0.05) is 61.7 Å². The second-order valence-corrected chi connectivity index (χ2v) is 30.3. The van der Waals surface area contributed by atoms with Gasteiger partial charge in [-0.3, -0.25) is 4.57 Å². The summed E-state index contributed by atoms with van der Waals surface area (Å²) in [5, 5.41) is 7.32. The maximum Gasteiger partial charge on any atom is 0.260 e. The molecule has 0 bridgehead atoms. The molecule has 0 atom stereocenters. The fourth-order valence-corrected chi connectivity index (χ4v) is 14.6. The molecule has 16 rings (SSSR count). The van der Waals surface area contributed by atoms with Crippen molar-refractivity contribution in [3.05, 3.63) is 234 Å². The smallest absolute Gasteiger partial charge is 0.260 e. The third kappa shape index (κ3) is 9.15. The number of para-hydroxylation sites is 2. The minimum absolute atomic E-state index is 0.0322. The highest BCUT2D eigenvalue weighted by Crippen LogP contribution is 2.45. The Kier molecular flexibility index (Phi) is 12.4. The van der Waals surface area contributed by atoms with Gasteiger partial charge in [0.05, 0.1) is 44.5 Å². The van der Waals surface area contributed by atoms with E-state index < -0.39 is 0 Å². The standard InChI is InChI=1S/C84H77BN4O2/c1-49(2)50-20-19-21-51(38-50)53-40-68(86-79(41-53)89-73-44-56(83(9,10)11)27-32-62(73)63-33-28-57(45-74(63)89)84(12,13)14)52-26-37-75-67(39-52)85-66-34-31-58(87-69-24-17-15-22-60(69)61-23-16-18-25-70(61)87)46-76(66)91-78-48-59(47-77(90-75)80(78)85)88-71-35-29-54(81(3,4)5)42-64(71)65-43-55(82(6,7)8)30-36-72(65)88/h15-49H,1-14H3. The van der Waals surface area contributed by atoms with E-state index in [0.29, 0.717) is 5.92 Å². The minimum atomic E-state index is -0.241. The van der Waals surface area contributed by atoms with Crippen LogP contribution < -0.4 is 25.9 Å². The summed E-state index contributed by atoms with van der Waals surface area (Å²) in [7, 11) is 0. The first kappa shape index (κ1) is 56.6. The van der Waals surface area contributed by atoms with E-state index in [1.165, 1.54) is 60.1 Å². The second kappa shape index (κ2) is 20.0. The number of benzene rings is 10. The van der Waals surface area contributed by atoms with Crippen molar-refractivity contribution in [1.29, 1.82) is 0 Å². The Hall–Kier alpha value is -9.59. The van der Waals surface area contributed by atoms with Gasteiger partial charge in [-0.1, -0.05) is 206 Å². The van der Waals surface area contributed by atoms with Crippen molar-refractivity contribution >= 4 is 88.5 Å². The fraction of sp³-hybridized carbons (Fsp3) is 0.226. The molecule has 0 spiro atoms. The maximum atomic E-state index is 7.46. The van der Waals surface area contributed by atoms with Crippen LogP contribution in [0.3, 0.4) is 0 Å². The summed E-state index contributed by atoms with van der Waals surface area (Å²) >= 11 is 0. The fourth-order valence-electron chi connectivity index (χ4n) is 14.6. The lowest BCUT2D eigenvalue weighted by molar-refractivity contribution is 0.464. The SMILES string of the molecule is CC(C)c1cccc(-c2cc(-c3ccc4c(c3)B3c5ccc(-n6c7ccccc7c7ccccc76)cc5Oc5cc(-n6c7ccc(C(C)(C)C)cc7c7cc(C(C)(C)C)ccc76)cc(c53)O4)nc(-n3c4cc(C(C)(C)C)ccc4c4ccc(C(C)(C)C)cc43)c2)c1. The summed E-state index contributed by atoms with van der Waals surface area (Å²) in [6.45, 7) is 31.9. The maximum absolute atomic E-state index is 7.46. The molecule has 10 aromatic carbocycles. The van der Waals surface area contributed by atoms with Crippen LogP contribution in [0.25, 0.3) is 105 Å². The molecule has 4 aromatic heterocycles. The molecular weight excluding hydrogens is 1110 g/mol. The van der Waals surface area contributed by atoms with E-state index >= 15 is 0 Å². The molecule has 0 radical (unpaired) electrons. The van der Waals surface area contributed by atoms with Gasteiger partial charge in [-0.05, 0) is 162 Å². The lowest BCUT2D eigenvalue weighted by Crippen LogP contribution is -2.57. The van der Waals surface area contributed by atoms with Crippen molar-refractivity contribution in [3.8, 4) is 62.6 Å². The summed E-state index contributed by atoms with van der Waals surface area (Å²) in [6, 6.07) is 77.4. The summed E-state index contributed by atoms with van der Waals surface area (Å²) in [5.41, 5.74) is 22.4. The van der Waals surface area contributed by atoms with E-state index in [4.69, 9.17) is 14.5 Å². The van der Waals surface area contributed by atoms with E-state index in [-0.39, 0.29) is 28.4 Å². The summed E-state index contributed by atoms with van der Waals surface area (Å²) in [4.78, 5) is 5.84. The van der Waals surface area contributed by atoms with Gasteiger partial charge in [0.25, 0.3) is 6.71 Å². The van der Waals surface area contributed by atoms with E-state index in [1.54, 1.807) is 0 Å². The number of fused-ring (bicyclic) bond motifs is 13. The topological polar surface area (TPSA) is 46.1 Å². The molecule has 0 amide bonds. The predicted octanol–water partition coefficient (Wildman–Crippen LogP) is 20.7. The molecule has 0 saturated carbocycles. The quantitative estimate of drug-likeness (QED) is 0.156. The lowest BCUT2D eigenvalue weighted by Gasteiger charge is -2.34. The number of hydrogen-bond donors (Lipinski definition) is 0. The highest BCUT2D eigenvalue weighted by Gasteiger charge is 2.42. The molecule has 14 aromatic rings. The number of rotatable bonds is 6.